The molecule has 0 saturated heterocycles. The fraction of sp³-hybridized carbons (Fsp3) is 0.381. The summed E-state index contributed by atoms with van der Waals surface area (Å²) in [5.41, 5.74) is 3.62. The highest BCUT2D eigenvalue weighted by molar-refractivity contribution is 7.89. The molecule has 0 spiro atoms. The first-order valence-corrected chi connectivity index (χ1v) is 10.5. The number of rotatable bonds is 7. The molecule has 0 bridgehead atoms. The van der Waals surface area contributed by atoms with Crippen LogP contribution in [0.15, 0.2) is 47.4 Å². The summed E-state index contributed by atoms with van der Waals surface area (Å²) < 4.78 is 28.0. The molecule has 0 aliphatic heterocycles. The number of anilines is 1. The Morgan fingerprint density at radius 1 is 0.963 bits per heavy atom. The molecule has 0 heterocycles. The molecule has 5 nitrogen and oxygen atoms in total. The van der Waals surface area contributed by atoms with Crippen LogP contribution in [-0.4, -0.2) is 20.4 Å². The normalized spacial score (nSPS) is 12.8. The third-order valence-corrected chi connectivity index (χ3v) is 5.79. The van der Waals surface area contributed by atoms with Crippen molar-refractivity contribution in [3.05, 3.63) is 59.2 Å². The molecule has 6 heteroatoms. The van der Waals surface area contributed by atoms with Gasteiger partial charge in [0, 0.05) is 5.69 Å². The minimum absolute atomic E-state index is 0.153. The largest absolute Gasteiger partial charge is 0.324 e. The Balaban J connectivity index is 2.24. The van der Waals surface area contributed by atoms with E-state index in [2.05, 4.69) is 10.0 Å². The lowest BCUT2D eigenvalue weighted by atomic mass is 10.0. The van der Waals surface area contributed by atoms with E-state index in [0.717, 1.165) is 16.7 Å². The van der Waals surface area contributed by atoms with Crippen LogP contribution in [0.25, 0.3) is 0 Å². The van der Waals surface area contributed by atoms with E-state index in [1.54, 1.807) is 24.3 Å². The molecule has 2 aromatic rings. The molecule has 0 fully saturated rings. The van der Waals surface area contributed by atoms with E-state index in [-0.39, 0.29) is 16.7 Å². The number of aryl methyl sites for hydroxylation is 3. The molecule has 146 valence electrons. The quantitative estimate of drug-likeness (QED) is 0.754. The summed E-state index contributed by atoms with van der Waals surface area (Å²) in [5, 5.41) is 2.87. The van der Waals surface area contributed by atoms with Crippen molar-refractivity contribution >= 4 is 21.6 Å². The Labute approximate surface area is 162 Å². The maximum absolute atomic E-state index is 12.8. The Hall–Kier alpha value is -2.18. The average molecular weight is 389 g/mol. The molecule has 0 saturated carbocycles. The molecule has 1 unspecified atom stereocenters. The predicted molar refractivity (Wildman–Crippen MR) is 109 cm³/mol. The number of benzene rings is 2. The van der Waals surface area contributed by atoms with Gasteiger partial charge in [-0.1, -0.05) is 43.7 Å². The van der Waals surface area contributed by atoms with Crippen LogP contribution in [-0.2, 0) is 14.8 Å². The lowest BCUT2D eigenvalue weighted by molar-refractivity contribution is -0.118. The van der Waals surface area contributed by atoms with Crippen molar-refractivity contribution in [1.82, 2.24) is 4.72 Å². The smallest absolute Gasteiger partial charge is 0.242 e. The fourth-order valence-corrected chi connectivity index (χ4v) is 3.95. The fourth-order valence-electron chi connectivity index (χ4n) is 2.74. The monoisotopic (exact) mass is 388 g/mol. The van der Waals surface area contributed by atoms with Crippen LogP contribution in [0.4, 0.5) is 5.69 Å². The van der Waals surface area contributed by atoms with Crippen LogP contribution in [0.1, 0.15) is 37.0 Å². The maximum Gasteiger partial charge on any atom is 0.242 e. The molecule has 0 aliphatic carbocycles. The van der Waals surface area contributed by atoms with Gasteiger partial charge in [-0.2, -0.15) is 4.72 Å². The van der Waals surface area contributed by atoms with Gasteiger partial charge in [0.25, 0.3) is 0 Å². The zero-order valence-electron chi connectivity index (χ0n) is 16.5. The number of carbonyl (C=O) groups excluding carboxylic acids is 1. The van der Waals surface area contributed by atoms with Crippen LogP contribution < -0.4 is 10.0 Å². The molecule has 0 radical (unpaired) electrons. The van der Waals surface area contributed by atoms with Crippen molar-refractivity contribution in [2.24, 2.45) is 5.92 Å². The summed E-state index contributed by atoms with van der Waals surface area (Å²) in [6, 6.07) is 11.5. The van der Waals surface area contributed by atoms with Crippen molar-refractivity contribution in [2.75, 3.05) is 5.32 Å². The molecule has 2 rings (SSSR count). The summed E-state index contributed by atoms with van der Waals surface area (Å²) in [6.45, 7) is 9.66. The third-order valence-electron chi connectivity index (χ3n) is 4.30. The Kier molecular flexibility index (Phi) is 6.78. The van der Waals surface area contributed by atoms with Gasteiger partial charge in [-0.3, -0.25) is 4.79 Å². The Bertz CT molecular complexity index is 904. The van der Waals surface area contributed by atoms with Crippen LogP contribution in [0, 0.1) is 26.7 Å². The van der Waals surface area contributed by atoms with Crippen molar-refractivity contribution in [2.45, 2.75) is 52.0 Å². The van der Waals surface area contributed by atoms with Crippen LogP contribution in [0.3, 0.4) is 0 Å². The first-order valence-electron chi connectivity index (χ1n) is 9.05. The van der Waals surface area contributed by atoms with Crippen LogP contribution in [0.5, 0.6) is 0 Å². The summed E-state index contributed by atoms with van der Waals surface area (Å²) >= 11 is 0. The van der Waals surface area contributed by atoms with E-state index < -0.39 is 16.1 Å². The summed E-state index contributed by atoms with van der Waals surface area (Å²) in [7, 11) is -3.79. The van der Waals surface area contributed by atoms with Gasteiger partial charge in [0.1, 0.15) is 6.04 Å². The van der Waals surface area contributed by atoms with E-state index in [0.29, 0.717) is 12.1 Å². The van der Waals surface area contributed by atoms with Gasteiger partial charge >= 0.3 is 0 Å². The SMILES string of the molecule is Cc1ccc(S(=O)(=O)NC(CC(C)C)C(=O)Nc2cc(C)ccc2C)cc1. The number of hydrogen-bond donors (Lipinski definition) is 2. The van der Waals surface area contributed by atoms with Gasteiger partial charge in [0.2, 0.25) is 15.9 Å². The highest BCUT2D eigenvalue weighted by atomic mass is 32.2. The molecule has 0 aliphatic rings. The average Bonchev–Trinajstić information content (AvgIpc) is 2.57. The van der Waals surface area contributed by atoms with E-state index in [4.69, 9.17) is 0 Å². The van der Waals surface area contributed by atoms with E-state index in [1.165, 1.54) is 0 Å². The van der Waals surface area contributed by atoms with Crippen molar-refractivity contribution in [3.63, 3.8) is 0 Å². The number of amides is 1. The second-order valence-electron chi connectivity index (χ2n) is 7.42. The highest BCUT2D eigenvalue weighted by Gasteiger charge is 2.27. The Morgan fingerprint density at radius 2 is 1.56 bits per heavy atom. The minimum Gasteiger partial charge on any atom is -0.324 e. The van der Waals surface area contributed by atoms with Crippen LogP contribution in [0.2, 0.25) is 0 Å². The van der Waals surface area contributed by atoms with Gasteiger partial charge < -0.3 is 5.32 Å². The van der Waals surface area contributed by atoms with Crippen LogP contribution >= 0.6 is 0 Å². The van der Waals surface area contributed by atoms with Crippen molar-refractivity contribution in [3.8, 4) is 0 Å². The Morgan fingerprint density at radius 3 is 2.15 bits per heavy atom. The van der Waals surface area contributed by atoms with Crippen molar-refractivity contribution < 1.29 is 13.2 Å². The zero-order chi connectivity index (χ0) is 20.2. The molecule has 1 atom stereocenters. The van der Waals surface area contributed by atoms with E-state index in [9.17, 15) is 13.2 Å². The standard InChI is InChI=1S/C21H28N2O3S/c1-14(2)12-20(21(24)22-19-13-16(4)6-9-17(19)5)23-27(25,26)18-10-7-15(3)8-11-18/h6-11,13-14,20,23H,12H2,1-5H3,(H,22,24). The summed E-state index contributed by atoms with van der Waals surface area (Å²) in [6.07, 6.45) is 0.405. The first kappa shape index (κ1) is 21.1. The highest BCUT2D eigenvalue weighted by Crippen LogP contribution is 2.19. The lowest BCUT2D eigenvalue weighted by Crippen LogP contribution is -2.44. The lowest BCUT2D eigenvalue weighted by Gasteiger charge is -2.21. The maximum atomic E-state index is 12.8. The molecule has 1 amide bonds. The van der Waals surface area contributed by atoms with Gasteiger partial charge in [0.15, 0.2) is 0 Å². The molecular weight excluding hydrogens is 360 g/mol. The van der Waals surface area contributed by atoms with Gasteiger partial charge in [0.05, 0.1) is 4.90 Å². The van der Waals surface area contributed by atoms with Gasteiger partial charge in [-0.05, 0) is 62.4 Å². The molecule has 0 aromatic heterocycles. The molecule has 27 heavy (non-hydrogen) atoms. The van der Waals surface area contributed by atoms with Gasteiger partial charge in [-0.15, -0.1) is 0 Å². The molecule has 2 N–H and O–H groups in total. The minimum atomic E-state index is -3.79. The predicted octanol–water partition coefficient (Wildman–Crippen LogP) is 3.94. The number of carbonyl (C=O) groups is 1. The number of hydrogen-bond acceptors (Lipinski definition) is 3. The van der Waals surface area contributed by atoms with E-state index >= 15 is 0 Å². The molecule has 2 aromatic carbocycles. The number of sulfonamides is 1. The zero-order valence-corrected chi connectivity index (χ0v) is 17.4. The number of nitrogens with one attached hydrogen (secondary N) is 2. The third kappa shape index (κ3) is 5.91. The second-order valence-corrected chi connectivity index (χ2v) is 9.14. The summed E-state index contributed by atoms with van der Waals surface area (Å²) in [4.78, 5) is 13.0. The molecular formula is C21H28N2O3S. The van der Waals surface area contributed by atoms with Crippen molar-refractivity contribution in [1.29, 1.82) is 0 Å². The summed E-state index contributed by atoms with van der Waals surface area (Å²) in [5.74, 6) is -0.201. The van der Waals surface area contributed by atoms with E-state index in [1.807, 2.05) is 52.8 Å². The first-order chi connectivity index (χ1) is 12.6. The van der Waals surface area contributed by atoms with Gasteiger partial charge in [-0.25, -0.2) is 8.42 Å². The topological polar surface area (TPSA) is 75.3 Å². The second kappa shape index (κ2) is 8.67.